The van der Waals surface area contributed by atoms with Crippen LogP contribution in [0.2, 0.25) is 0 Å². The Balaban J connectivity index is 2.83. The van der Waals surface area contributed by atoms with E-state index in [0.717, 1.165) is 0 Å². The molecule has 0 radical (unpaired) electrons. The van der Waals surface area contributed by atoms with Crippen molar-refractivity contribution in [2.45, 2.75) is 21.2 Å². The molecule has 0 aliphatic carbocycles. The predicted octanol–water partition coefficient (Wildman–Crippen LogP) is 2.73. The van der Waals surface area contributed by atoms with Crippen molar-refractivity contribution in [1.82, 2.24) is 10.3 Å². The summed E-state index contributed by atoms with van der Waals surface area (Å²) in [4.78, 5) is 1.74. The van der Waals surface area contributed by atoms with E-state index in [1.54, 1.807) is 11.2 Å². The summed E-state index contributed by atoms with van der Waals surface area (Å²) >= 11 is 29.0. The van der Waals surface area contributed by atoms with Crippen molar-refractivity contribution in [3.63, 3.8) is 0 Å². The van der Waals surface area contributed by atoms with E-state index >= 15 is 0 Å². The standard InChI is InChI=1S/C6H8Cl5N3/c1-2-14-3-12-13-4(14)5(7,8)6(9,10)11/h3-4,13H,2H2,1H3. The van der Waals surface area contributed by atoms with Gasteiger partial charge in [0.1, 0.15) is 6.34 Å². The molecule has 1 aliphatic rings. The smallest absolute Gasteiger partial charge is 0.227 e. The Morgan fingerprint density at radius 3 is 2.36 bits per heavy atom. The largest absolute Gasteiger partial charge is 0.337 e. The first-order valence-electron chi connectivity index (χ1n) is 3.79. The Labute approximate surface area is 107 Å². The van der Waals surface area contributed by atoms with Gasteiger partial charge in [-0.05, 0) is 6.92 Å². The van der Waals surface area contributed by atoms with Crippen LogP contribution in [0.3, 0.4) is 0 Å². The highest BCUT2D eigenvalue weighted by Crippen LogP contribution is 2.48. The molecule has 1 aliphatic heterocycles. The molecule has 1 unspecified atom stereocenters. The maximum absolute atomic E-state index is 5.98. The van der Waals surface area contributed by atoms with E-state index in [-0.39, 0.29) is 0 Å². The van der Waals surface area contributed by atoms with Crippen molar-refractivity contribution in [2.75, 3.05) is 6.54 Å². The molecule has 0 saturated carbocycles. The molecule has 1 heterocycles. The molecule has 14 heavy (non-hydrogen) atoms. The average molecular weight is 299 g/mol. The Morgan fingerprint density at radius 2 is 1.93 bits per heavy atom. The van der Waals surface area contributed by atoms with Crippen LogP contribution in [0.15, 0.2) is 5.10 Å². The Kier molecular flexibility index (Phi) is 3.93. The minimum absolute atomic E-state index is 0.552. The van der Waals surface area contributed by atoms with E-state index in [1.165, 1.54) is 0 Å². The molecular weight excluding hydrogens is 291 g/mol. The van der Waals surface area contributed by atoms with Crippen LogP contribution in [-0.4, -0.2) is 32.1 Å². The molecule has 0 bridgehead atoms. The van der Waals surface area contributed by atoms with Gasteiger partial charge in [0.15, 0.2) is 6.17 Å². The quantitative estimate of drug-likeness (QED) is 0.794. The number of hydrogen-bond donors (Lipinski definition) is 1. The van der Waals surface area contributed by atoms with Crippen LogP contribution < -0.4 is 5.43 Å². The van der Waals surface area contributed by atoms with E-state index in [9.17, 15) is 0 Å². The van der Waals surface area contributed by atoms with Crippen LogP contribution in [0.5, 0.6) is 0 Å². The van der Waals surface area contributed by atoms with Crippen LogP contribution in [0.1, 0.15) is 6.92 Å². The number of rotatable bonds is 2. The SMILES string of the molecule is CCN1C=NNC1C(Cl)(Cl)C(Cl)(Cl)Cl. The first-order valence-corrected chi connectivity index (χ1v) is 5.68. The molecule has 3 nitrogen and oxygen atoms in total. The maximum Gasteiger partial charge on any atom is 0.227 e. The molecule has 0 aromatic heterocycles. The zero-order chi connectivity index (χ0) is 11.0. The van der Waals surface area contributed by atoms with Crippen LogP contribution >= 0.6 is 58.0 Å². The van der Waals surface area contributed by atoms with E-state index in [1.807, 2.05) is 6.92 Å². The Morgan fingerprint density at radius 1 is 1.36 bits per heavy atom. The number of alkyl halides is 5. The fourth-order valence-electron chi connectivity index (χ4n) is 1.03. The third-order valence-electron chi connectivity index (χ3n) is 1.82. The van der Waals surface area contributed by atoms with Crippen molar-refractivity contribution >= 4 is 64.3 Å². The fraction of sp³-hybridized carbons (Fsp3) is 0.833. The highest BCUT2D eigenvalue weighted by molar-refractivity contribution is 6.75. The van der Waals surface area contributed by atoms with Gasteiger partial charge in [0, 0.05) is 6.54 Å². The first-order chi connectivity index (χ1) is 6.30. The van der Waals surface area contributed by atoms with Crippen LogP contribution in [0, 0.1) is 0 Å². The average Bonchev–Trinajstić information content (AvgIpc) is 2.49. The lowest BCUT2D eigenvalue weighted by atomic mass is 10.3. The molecule has 0 aromatic rings. The molecule has 0 fully saturated rings. The van der Waals surface area contributed by atoms with Gasteiger partial charge in [0.05, 0.1) is 0 Å². The number of halogens is 5. The van der Waals surface area contributed by atoms with E-state index < -0.39 is 14.3 Å². The molecule has 0 saturated heterocycles. The lowest BCUT2D eigenvalue weighted by Crippen LogP contribution is -2.55. The van der Waals surface area contributed by atoms with Gasteiger partial charge in [-0.2, -0.15) is 5.10 Å². The number of nitrogens with zero attached hydrogens (tertiary/aromatic N) is 2. The van der Waals surface area contributed by atoms with Crippen LogP contribution in [0.4, 0.5) is 0 Å². The van der Waals surface area contributed by atoms with E-state index in [0.29, 0.717) is 6.54 Å². The monoisotopic (exact) mass is 297 g/mol. The van der Waals surface area contributed by atoms with Crippen molar-refractivity contribution < 1.29 is 0 Å². The summed E-state index contributed by atoms with van der Waals surface area (Å²) in [5, 5.41) is 3.80. The van der Waals surface area contributed by atoms with Gasteiger partial charge in [-0.3, -0.25) is 5.43 Å². The molecule has 0 amide bonds. The minimum atomic E-state index is -1.80. The fourth-order valence-corrected chi connectivity index (χ4v) is 1.69. The Hall–Kier alpha value is 0.720. The molecule has 8 heteroatoms. The predicted molar refractivity (Wildman–Crippen MR) is 62.5 cm³/mol. The summed E-state index contributed by atoms with van der Waals surface area (Å²) in [6, 6.07) is 0. The van der Waals surface area contributed by atoms with Gasteiger partial charge in [0.25, 0.3) is 0 Å². The lowest BCUT2D eigenvalue weighted by molar-refractivity contribution is 0.289. The van der Waals surface area contributed by atoms with E-state index in [4.69, 9.17) is 58.0 Å². The molecular formula is C6H8Cl5N3. The minimum Gasteiger partial charge on any atom is -0.337 e. The van der Waals surface area contributed by atoms with Crippen LogP contribution in [-0.2, 0) is 0 Å². The van der Waals surface area contributed by atoms with Gasteiger partial charge in [-0.15, -0.1) is 0 Å². The number of nitrogens with one attached hydrogen (secondary N) is 1. The third-order valence-corrected chi connectivity index (χ3v) is 4.28. The summed E-state index contributed by atoms with van der Waals surface area (Å²) in [6.45, 7) is 2.57. The normalized spacial score (nSPS) is 22.7. The van der Waals surface area contributed by atoms with Gasteiger partial charge in [-0.1, -0.05) is 58.0 Å². The van der Waals surface area contributed by atoms with Crippen molar-refractivity contribution in [1.29, 1.82) is 0 Å². The van der Waals surface area contributed by atoms with Gasteiger partial charge < -0.3 is 4.90 Å². The molecule has 1 rings (SSSR count). The second kappa shape index (κ2) is 4.30. The summed E-state index contributed by atoms with van der Waals surface area (Å²) in [6.07, 6.45) is 1.00. The van der Waals surface area contributed by atoms with Gasteiger partial charge >= 0.3 is 0 Å². The van der Waals surface area contributed by atoms with Crippen molar-refractivity contribution in [3.05, 3.63) is 0 Å². The van der Waals surface area contributed by atoms with Gasteiger partial charge in [-0.25, -0.2) is 0 Å². The Bertz CT molecular complexity index is 236. The highest BCUT2D eigenvalue weighted by atomic mass is 35.6. The topological polar surface area (TPSA) is 27.6 Å². The lowest BCUT2D eigenvalue weighted by Gasteiger charge is -2.36. The second-order valence-corrected chi connectivity index (χ2v) is 6.39. The summed E-state index contributed by atoms with van der Waals surface area (Å²) in [5.74, 6) is 0. The first kappa shape index (κ1) is 12.8. The van der Waals surface area contributed by atoms with Crippen molar-refractivity contribution in [2.24, 2.45) is 5.10 Å². The third kappa shape index (κ3) is 2.27. The van der Waals surface area contributed by atoms with Gasteiger partial charge in [0.2, 0.25) is 8.13 Å². The molecule has 1 atom stereocenters. The van der Waals surface area contributed by atoms with Crippen LogP contribution in [0.25, 0.3) is 0 Å². The summed E-state index contributed by atoms with van der Waals surface area (Å²) in [5.41, 5.74) is 2.68. The molecule has 82 valence electrons. The zero-order valence-electron chi connectivity index (χ0n) is 7.15. The maximum atomic E-state index is 5.98. The summed E-state index contributed by atoms with van der Waals surface area (Å²) in [7, 11) is 0. The number of hydrazone groups is 1. The van der Waals surface area contributed by atoms with Crippen molar-refractivity contribution in [3.8, 4) is 0 Å². The van der Waals surface area contributed by atoms with E-state index in [2.05, 4.69) is 10.5 Å². The summed E-state index contributed by atoms with van der Waals surface area (Å²) < 4.78 is -3.38. The highest BCUT2D eigenvalue weighted by Gasteiger charge is 2.54. The molecule has 1 N–H and O–H groups in total. The molecule has 0 aromatic carbocycles. The number of hydrogen-bond acceptors (Lipinski definition) is 3. The zero-order valence-corrected chi connectivity index (χ0v) is 10.9. The second-order valence-electron chi connectivity index (χ2n) is 2.73. The molecule has 0 spiro atoms.